The molecule has 4 heteroatoms. The first-order valence-corrected chi connectivity index (χ1v) is 5.37. The molecule has 0 fully saturated rings. The molecule has 17 heavy (non-hydrogen) atoms. The number of hydrogen-bond acceptors (Lipinski definition) is 4. The Bertz CT molecular complexity index is 514. The fraction of sp³-hybridized carbons (Fsp3) is 0.231. The summed E-state index contributed by atoms with van der Waals surface area (Å²) >= 11 is 0. The first kappa shape index (κ1) is 11.5. The van der Waals surface area contributed by atoms with Crippen LogP contribution in [0.5, 0.6) is 5.75 Å². The summed E-state index contributed by atoms with van der Waals surface area (Å²) in [5.41, 5.74) is 9.27. The number of aryl methyl sites for hydroxylation is 1. The van der Waals surface area contributed by atoms with Gasteiger partial charge in [0, 0.05) is 18.6 Å². The molecule has 0 bridgehead atoms. The van der Waals surface area contributed by atoms with Gasteiger partial charge in [0.05, 0.1) is 19.3 Å². The lowest BCUT2D eigenvalue weighted by molar-refractivity contribution is 0.412. The predicted octanol–water partition coefficient (Wildman–Crippen LogP) is 1.84. The Balaban J connectivity index is 2.37. The normalized spacial score (nSPS) is 12.2. The summed E-state index contributed by atoms with van der Waals surface area (Å²) in [6.45, 7) is 2.00. The number of hydrogen-bond donors (Lipinski definition) is 1. The van der Waals surface area contributed by atoms with Gasteiger partial charge in [-0.05, 0) is 35.7 Å². The van der Waals surface area contributed by atoms with Gasteiger partial charge < -0.3 is 10.5 Å². The minimum Gasteiger partial charge on any atom is -0.495 e. The number of nitrogens with two attached hydrogens (primary N) is 1. The lowest BCUT2D eigenvalue weighted by Gasteiger charge is -2.14. The van der Waals surface area contributed by atoms with Crippen molar-refractivity contribution in [2.45, 2.75) is 13.0 Å². The molecule has 2 heterocycles. The lowest BCUT2D eigenvalue weighted by Crippen LogP contribution is -2.13. The van der Waals surface area contributed by atoms with Crippen LogP contribution in [-0.4, -0.2) is 17.1 Å². The smallest absolute Gasteiger partial charge is 0.137 e. The molecule has 2 rings (SSSR count). The van der Waals surface area contributed by atoms with E-state index in [9.17, 15) is 0 Å². The third-order valence-corrected chi connectivity index (χ3v) is 2.73. The van der Waals surface area contributed by atoms with Crippen LogP contribution in [0.3, 0.4) is 0 Å². The Morgan fingerprint density at radius 2 is 2.06 bits per heavy atom. The third-order valence-electron chi connectivity index (χ3n) is 2.73. The van der Waals surface area contributed by atoms with E-state index in [1.165, 1.54) is 0 Å². The van der Waals surface area contributed by atoms with Crippen LogP contribution in [0.2, 0.25) is 0 Å². The van der Waals surface area contributed by atoms with Crippen LogP contribution in [0.25, 0.3) is 0 Å². The van der Waals surface area contributed by atoms with Crippen molar-refractivity contribution in [3.8, 4) is 5.75 Å². The molecule has 2 aromatic heterocycles. The Morgan fingerprint density at radius 3 is 2.76 bits per heavy atom. The van der Waals surface area contributed by atoms with Crippen molar-refractivity contribution in [1.82, 2.24) is 9.97 Å². The van der Waals surface area contributed by atoms with E-state index in [1.807, 2.05) is 25.3 Å². The maximum Gasteiger partial charge on any atom is 0.137 e. The van der Waals surface area contributed by atoms with Gasteiger partial charge in [-0.15, -0.1) is 0 Å². The zero-order valence-electron chi connectivity index (χ0n) is 9.92. The molecule has 0 saturated heterocycles. The number of rotatable bonds is 3. The zero-order valence-corrected chi connectivity index (χ0v) is 9.92. The zero-order chi connectivity index (χ0) is 12.3. The number of ether oxygens (including phenoxy) is 1. The number of aromatic nitrogens is 2. The molecule has 0 aliphatic carbocycles. The van der Waals surface area contributed by atoms with E-state index >= 15 is 0 Å². The molecule has 0 aromatic carbocycles. The van der Waals surface area contributed by atoms with Crippen LogP contribution < -0.4 is 10.5 Å². The van der Waals surface area contributed by atoms with Gasteiger partial charge >= 0.3 is 0 Å². The van der Waals surface area contributed by atoms with Gasteiger partial charge in [-0.1, -0.05) is 0 Å². The van der Waals surface area contributed by atoms with Crippen molar-refractivity contribution in [3.63, 3.8) is 0 Å². The summed E-state index contributed by atoms with van der Waals surface area (Å²) in [5.74, 6) is 0.713. The van der Waals surface area contributed by atoms with Crippen molar-refractivity contribution < 1.29 is 4.74 Å². The largest absolute Gasteiger partial charge is 0.495 e. The molecule has 0 aliphatic heterocycles. The minimum absolute atomic E-state index is 0.208. The Kier molecular flexibility index (Phi) is 3.35. The van der Waals surface area contributed by atoms with Crippen LogP contribution in [-0.2, 0) is 0 Å². The van der Waals surface area contributed by atoms with Gasteiger partial charge in [-0.25, -0.2) is 0 Å². The molecule has 2 N–H and O–H groups in total. The highest BCUT2D eigenvalue weighted by molar-refractivity contribution is 5.36. The van der Waals surface area contributed by atoms with E-state index < -0.39 is 0 Å². The molecule has 0 saturated carbocycles. The van der Waals surface area contributed by atoms with Crippen LogP contribution in [0, 0.1) is 6.92 Å². The van der Waals surface area contributed by atoms with E-state index in [1.54, 1.807) is 25.7 Å². The summed E-state index contributed by atoms with van der Waals surface area (Å²) in [6.07, 6.45) is 6.97. The SMILES string of the molecule is COc1cncc(C(N)c2ccncc2C)c1. The summed E-state index contributed by atoms with van der Waals surface area (Å²) in [7, 11) is 1.62. The summed E-state index contributed by atoms with van der Waals surface area (Å²) in [6, 6.07) is 3.62. The van der Waals surface area contributed by atoms with Crippen LogP contribution >= 0.6 is 0 Å². The van der Waals surface area contributed by atoms with Gasteiger partial charge in [-0.2, -0.15) is 0 Å². The van der Waals surface area contributed by atoms with E-state index in [-0.39, 0.29) is 6.04 Å². The maximum atomic E-state index is 6.22. The molecule has 2 aromatic rings. The number of pyridine rings is 2. The Labute approximate surface area is 100 Å². The summed E-state index contributed by atoms with van der Waals surface area (Å²) < 4.78 is 5.14. The van der Waals surface area contributed by atoms with Crippen LogP contribution in [0.4, 0.5) is 0 Å². The van der Waals surface area contributed by atoms with Crippen molar-refractivity contribution in [3.05, 3.63) is 53.6 Å². The van der Waals surface area contributed by atoms with Gasteiger partial charge in [0.2, 0.25) is 0 Å². The van der Waals surface area contributed by atoms with Crippen molar-refractivity contribution in [2.75, 3.05) is 7.11 Å². The second kappa shape index (κ2) is 4.93. The topological polar surface area (TPSA) is 61.0 Å². The fourth-order valence-electron chi connectivity index (χ4n) is 1.73. The van der Waals surface area contributed by atoms with Crippen molar-refractivity contribution >= 4 is 0 Å². The predicted molar refractivity (Wildman–Crippen MR) is 65.8 cm³/mol. The van der Waals surface area contributed by atoms with Crippen molar-refractivity contribution in [2.24, 2.45) is 5.73 Å². The quantitative estimate of drug-likeness (QED) is 0.872. The molecular weight excluding hydrogens is 214 g/mol. The first-order valence-electron chi connectivity index (χ1n) is 5.37. The number of nitrogens with zero attached hydrogens (tertiary/aromatic N) is 2. The van der Waals surface area contributed by atoms with Gasteiger partial charge in [0.25, 0.3) is 0 Å². The van der Waals surface area contributed by atoms with Crippen LogP contribution in [0.15, 0.2) is 36.9 Å². The standard InChI is InChI=1S/C13H15N3O/c1-9-6-15-4-3-12(9)13(14)10-5-11(17-2)8-16-7-10/h3-8,13H,14H2,1-2H3. The monoisotopic (exact) mass is 229 g/mol. The van der Waals surface area contributed by atoms with Gasteiger partial charge in [0.1, 0.15) is 5.75 Å². The molecule has 1 atom stereocenters. The average molecular weight is 229 g/mol. The molecule has 1 unspecified atom stereocenters. The van der Waals surface area contributed by atoms with E-state index in [2.05, 4.69) is 9.97 Å². The second-order valence-corrected chi connectivity index (χ2v) is 3.87. The fourth-order valence-corrected chi connectivity index (χ4v) is 1.73. The van der Waals surface area contributed by atoms with E-state index in [4.69, 9.17) is 10.5 Å². The summed E-state index contributed by atoms with van der Waals surface area (Å²) in [4.78, 5) is 8.17. The van der Waals surface area contributed by atoms with Gasteiger partial charge in [-0.3, -0.25) is 9.97 Å². The molecule has 0 radical (unpaired) electrons. The molecule has 0 aliphatic rings. The minimum atomic E-state index is -0.208. The second-order valence-electron chi connectivity index (χ2n) is 3.87. The first-order chi connectivity index (χ1) is 8.22. The summed E-state index contributed by atoms with van der Waals surface area (Å²) in [5, 5.41) is 0. The molecule has 0 amide bonds. The third kappa shape index (κ3) is 2.42. The van der Waals surface area contributed by atoms with E-state index in [0.29, 0.717) is 5.75 Å². The molecular formula is C13H15N3O. The maximum absolute atomic E-state index is 6.22. The lowest BCUT2D eigenvalue weighted by atomic mass is 9.98. The van der Waals surface area contributed by atoms with Crippen molar-refractivity contribution in [1.29, 1.82) is 0 Å². The van der Waals surface area contributed by atoms with Crippen LogP contribution in [0.1, 0.15) is 22.7 Å². The highest BCUT2D eigenvalue weighted by atomic mass is 16.5. The molecule has 4 nitrogen and oxygen atoms in total. The van der Waals surface area contributed by atoms with Gasteiger partial charge in [0.15, 0.2) is 0 Å². The molecule has 88 valence electrons. The highest BCUT2D eigenvalue weighted by Gasteiger charge is 2.12. The average Bonchev–Trinajstić information content (AvgIpc) is 2.38. The Hall–Kier alpha value is -1.94. The molecule has 0 spiro atoms. The highest BCUT2D eigenvalue weighted by Crippen LogP contribution is 2.23. The Morgan fingerprint density at radius 1 is 1.24 bits per heavy atom. The number of methoxy groups -OCH3 is 1. The van der Waals surface area contributed by atoms with E-state index in [0.717, 1.165) is 16.7 Å².